The number of hydrogen-bond donors (Lipinski definition) is 2. The summed E-state index contributed by atoms with van der Waals surface area (Å²) < 4.78 is 13.2. The third-order valence-electron chi connectivity index (χ3n) is 3.40. The smallest absolute Gasteiger partial charge is 0.256 e. The molecule has 1 atom stereocenters. The zero-order valence-corrected chi connectivity index (χ0v) is 11.5. The number of hydrogen-bond acceptors (Lipinski definition) is 4. The molecule has 5 nitrogen and oxygen atoms in total. The van der Waals surface area contributed by atoms with Crippen LogP contribution in [0.15, 0.2) is 48.5 Å². The molecule has 0 aromatic heterocycles. The van der Waals surface area contributed by atoms with Gasteiger partial charge in [-0.05, 0) is 30.3 Å². The summed E-state index contributed by atoms with van der Waals surface area (Å²) in [4.78, 5) is 25.5. The molecule has 1 heterocycles. The predicted octanol–water partition coefficient (Wildman–Crippen LogP) is 2.28. The highest BCUT2D eigenvalue weighted by atomic mass is 19.1. The molecular formula is C16H13FN2O3. The Morgan fingerprint density at radius 1 is 1.14 bits per heavy atom. The van der Waals surface area contributed by atoms with Gasteiger partial charge in [0.05, 0.1) is 12.1 Å². The first-order valence-electron chi connectivity index (χ1n) is 6.72. The van der Waals surface area contributed by atoms with Crippen LogP contribution in [0.2, 0.25) is 0 Å². The molecule has 2 aromatic rings. The van der Waals surface area contributed by atoms with Crippen LogP contribution in [0.25, 0.3) is 0 Å². The van der Waals surface area contributed by atoms with E-state index in [0.717, 1.165) is 4.90 Å². The minimum atomic E-state index is -0.753. The average Bonchev–Trinajstić information content (AvgIpc) is 2.73. The molecular weight excluding hydrogens is 287 g/mol. The number of halogens is 1. The van der Waals surface area contributed by atoms with Gasteiger partial charge in [-0.3, -0.25) is 9.59 Å². The van der Waals surface area contributed by atoms with Crippen molar-refractivity contribution in [3.05, 3.63) is 54.3 Å². The maximum absolute atomic E-state index is 13.2. The highest BCUT2D eigenvalue weighted by Gasteiger charge is 2.39. The van der Waals surface area contributed by atoms with Gasteiger partial charge in [0.15, 0.2) is 0 Å². The molecule has 0 bridgehead atoms. The first-order valence-corrected chi connectivity index (χ1v) is 6.72. The average molecular weight is 300 g/mol. The zero-order chi connectivity index (χ0) is 15.7. The number of carbonyl (C=O) groups is 2. The summed E-state index contributed by atoms with van der Waals surface area (Å²) in [6, 6.07) is 10.9. The summed E-state index contributed by atoms with van der Waals surface area (Å²) in [7, 11) is 0. The molecule has 1 aliphatic heterocycles. The molecule has 1 saturated heterocycles. The molecule has 2 amide bonds. The first kappa shape index (κ1) is 14.1. The number of anilines is 2. The van der Waals surface area contributed by atoms with Gasteiger partial charge < -0.3 is 10.4 Å². The van der Waals surface area contributed by atoms with Crippen molar-refractivity contribution in [3.63, 3.8) is 0 Å². The Morgan fingerprint density at radius 3 is 2.64 bits per heavy atom. The summed E-state index contributed by atoms with van der Waals surface area (Å²) in [5, 5.41) is 12.3. The number of benzene rings is 2. The summed E-state index contributed by atoms with van der Waals surface area (Å²) in [5.74, 6) is -1.25. The van der Waals surface area contributed by atoms with E-state index in [0.29, 0.717) is 11.4 Å². The number of nitrogens with one attached hydrogen (secondary N) is 1. The molecule has 22 heavy (non-hydrogen) atoms. The minimum absolute atomic E-state index is 0.0228. The highest BCUT2D eigenvalue weighted by Crippen LogP contribution is 2.27. The molecule has 1 fully saturated rings. The van der Waals surface area contributed by atoms with Gasteiger partial charge >= 0.3 is 0 Å². The van der Waals surface area contributed by atoms with E-state index in [2.05, 4.69) is 5.32 Å². The number of phenols is 1. The lowest BCUT2D eigenvalue weighted by Crippen LogP contribution is -2.34. The Morgan fingerprint density at radius 2 is 1.91 bits per heavy atom. The topological polar surface area (TPSA) is 69.6 Å². The van der Waals surface area contributed by atoms with E-state index in [1.54, 1.807) is 18.2 Å². The van der Waals surface area contributed by atoms with Crippen molar-refractivity contribution in [1.82, 2.24) is 0 Å². The van der Waals surface area contributed by atoms with Gasteiger partial charge in [-0.2, -0.15) is 0 Å². The molecule has 0 spiro atoms. The van der Waals surface area contributed by atoms with Gasteiger partial charge in [0.25, 0.3) is 5.91 Å². The van der Waals surface area contributed by atoms with Crippen LogP contribution in [0.3, 0.4) is 0 Å². The number of nitrogens with zero attached hydrogens (tertiary/aromatic N) is 1. The van der Waals surface area contributed by atoms with Crippen LogP contribution in [0.4, 0.5) is 15.8 Å². The van der Waals surface area contributed by atoms with Crippen LogP contribution in [-0.4, -0.2) is 23.0 Å². The van der Waals surface area contributed by atoms with Crippen LogP contribution < -0.4 is 10.2 Å². The van der Waals surface area contributed by atoms with E-state index in [1.165, 1.54) is 30.3 Å². The largest absolute Gasteiger partial charge is 0.508 e. The fourth-order valence-corrected chi connectivity index (χ4v) is 2.43. The third-order valence-corrected chi connectivity index (χ3v) is 3.40. The minimum Gasteiger partial charge on any atom is -0.508 e. The molecule has 2 N–H and O–H groups in total. The number of amides is 2. The van der Waals surface area contributed by atoms with Gasteiger partial charge in [-0.25, -0.2) is 9.29 Å². The van der Waals surface area contributed by atoms with Crippen molar-refractivity contribution in [1.29, 1.82) is 0 Å². The third kappa shape index (κ3) is 2.63. The van der Waals surface area contributed by atoms with Crippen molar-refractivity contribution in [2.24, 2.45) is 0 Å². The SMILES string of the molecule is O=C1CC(Nc2cccc(F)c2)C(=O)N1c1cccc(O)c1. The Labute approximate surface area is 126 Å². The molecule has 0 aliphatic carbocycles. The molecule has 1 aliphatic rings. The Balaban J connectivity index is 1.82. The Kier molecular flexibility index (Phi) is 3.50. The van der Waals surface area contributed by atoms with E-state index in [-0.39, 0.29) is 18.1 Å². The van der Waals surface area contributed by atoms with Crippen molar-refractivity contribution >= 4 is 23.2 Å². The van der Waals surface area contributed by atoms with E-state index in [1.807, 2.05) is 0 Å². The lowest BCUT2D eigenvalue weighted by Gasteiger charge is -2.16. The number of aromatic hydroxyl groups is 1. The van der Waals surface area contributed by atoms with Gasteiger partial charge in [0.2, 0.25) is 5.91 Å². The second-order valence-electron chi connectivity index (χ2n) is 5.00. The van der Waals surface area contributed by atoms with E-state index >= 15 is 0 Å². The summed E-state index contributed by atoms with van der Waals surface area (Å²) in [6.45, 7) is 0. The normalized spacial score (nSPS) is 17.9. The van der Waals surface area contributed by atoms with Crippen LogP contribution >= 0.6 is 0 Å². The molecule has 0 saturated carbocycles. The molecule has 0 radical (unpaired) electrons. The van der Waals surface area contributed by atoms with Gasteiger partial charge in [-0.15, -0.1) is 0 Å². The molecule has 2 aromatic carbocycles. The summed E-state index contributed by atoms with van der Waals surface area (Å²) in [6.07, 6.45) is -0.0228. The zero-order valence-electron chi connectivity index (χ0n) is 11.5. The van der Waals surface area contributed by atoms with Crippen LogP contribution in [0.5, 0.6) is 5.75 Å². The lowest BCUT2D eigenvalue weighted by molar-refractivity contribution is -0.121. The Hall–Kier alpha value is -2.89. The van der Waals surface area contributed by atoms with Crippen molar-refractivity contribution in [3.8, 4) is 5.75 Å². The van der Waals surface area contributed by atoms with Gasteiger partial charge in [-0.1, -0.05) is 12.1 Å². The van der Waals surface area contributed by atoms with E-state index in [4.69, 9.17) is 0 Å². The van der Waals surface area contributed by atoms with E-state index in [9.17, 15) is 19.1 Å². The molecule has 1 unspecified atom stereocenters. The summed E-state index contributed by atoms with van der Waals surface area (Å²) in [5.41, 5.74) is 0.752. The first-order chi connectivity index (χ1) is 10.5. The highest BCUT2D eigenvalue weighted by molar-refractivity contribution is 6.23. The fourth-order valence-electron chi connectivity index (χ4n) is 2.43. The predicted molar refractivity (Wildman–Crippen MR) is 79.0 cm³/mol. The van der Waals surface area contributed by atoms with Crippen LogP contribution in [-0.2, 0) is 9.59 Å². The standard InChI is InChI=1S/C16H13FN2O3/c17-10-3-1-4-11(7-10)18-14-9-15(21)19(16(14)22)12-5-2-6-13(20)8-12/h1-8,14,18,20H,9H2. The molecule has 3 rings (SSSR count). The fraction of sp³-hybridized carbons (Fsp3) is 0.125. The quantitative estimate of drug-likeness (QED) is 0.853. The number of rotatable bonds is 3. The van der Waals surface area contributed by atoms with E-state index < -0.39 is 17.8 Å². The monoisotopic (exact) mass is 300 g/mol. The number of carbonyl (C=O) groups excluding carboxylic acids is 2. The Bertz CT molecular complexity index is 748. The maximum atomic E-state index is 13.2. The number of phenolic OH excluding ortho intramolecular Hbond substituents is 1. The van der Waals surface area contributed by atoms with Crippen LogP contribution in [0, 0.1) is 5.82 Å². The summed E-state index contributed by atoms with van der Waals surface area (Å²) >= 11 is 0. The van der Waals surface area contributed by atoms with Crippen molar-refractivity contribution in [2.45, 2.75) is 12.5 Å². The molecule has 112 valence electrons. The maximum Gasteiger partial charge on any atom is 0.256 e. The van der Waals surface area contributed by atoms with Crippen molar-refractivity contribution < 1.29 is 19.1 Å². The number of imide groups is 1. The van der Waals surface area contributed by atoms with Crippen molar-refractivity contribution in [2.75, 3.05) is 10.2 Å². The van der Waals surface area contributed by atoms with Gasteiger partial charge in [0.1, 0.15) is 17.6 Å². The van der Waals surface area contributed by atoms with Gasteiger partial charge in [0, 0.05) is 11.8 Å². The second kappa shape index (κ2) is 5.48. The second-order valence-corrected chi connectivity index (χ2v) is 5.00. The molecule has 6 heteroatoms. The van der Waals surface area contributed by atoms with Crippen LogP contribution in [0.1, 0.15) is 6.42 Å². The lowest BCUT2D eigenvalue weighted by atomic mass is 10.2.